The standard InChI is InChI=1S/C15H18N4O/c1-11-4-3-7-18-15(11)19(10-14(17)20)9-12-5-2-6-13(16)8-12/h2-8H,9-10,16H2,1H3,(H2,17,20). The Balaban J connectivity index is 2.29. The molecule has 0 radical (unpaired) electrons. The van der Waals surface area contributed by atoms with Crippen LogP contribution in [0.2, 0.25) is 0 Å². The van der Waals surface area contributed by atoms with Gasteiger partial charge in [-0.2, -0.15) is 0 Å². The van der Waals surface area contributed by atoms with Crippen molar-refractivity contribution in [1.29, 1.82) is 0 Å². The predicted molar refractivity (Wildman–Crippen MR) is 80.1 cm³/mol. The number of hydrogen-bond donors (Lipinski definition) is 2. The van der Waals surface area contributed by atoms with Crippen molar-refractivity contribution < 1.29 is 4.79 Å². The maximum absolute atomic E-state index is 11.3. The van der Waals surface area contributed by atoms with Crippen LogP contribution in [0.1, 0.15) is 11.1 Å². The highest BCUT2D eigenvalue weighted by Gasteiger charge is 2.13. The van der Waals surface area contributed by atoms with Crippen LogP contribution in [0.4, 0.5) is 11.5 Å². The molecule has 2 aromatic rings. The van der Waals surface area contributed by atoms with Crippen LogP contribution in [0.25, 0.3) is 0 Å². The van der Waals surface area contributed by atoms with Gasteiger partial charge < -0.3 is 16.4 Å². The van der Waals surface area contributed by atoms with Crippen LogP contribution in [0.15, 0.2) is 42.6 Å². The van der Waals surface area contributed by atoms with E-state index in [1.165, 1.54) is 0 Å². The Bertz CT molecular complexity index is 612. The molecule has 0 unspecified atom stereocenters. The molecule has 5 heteroatoms. The average molecular weight is 270 g/mol. The molecule has 0 spiro atoms. The third kappa shape index (κ3) is 3.47. The molecule has 2 rings (SSSR count). The van der Waals surface area contributed by atoms with Crippen molar-refractivity contribution in [2.24, 2.45) is 5.73 Å². The third-order valence-electron chi connectivity index (χ3n) is 2.95. The second-order valence-electron chi connectivity index (χ2n) is 4.71. The van der Waals surface area contributed by atoms with Crippen molar-refractivity contribution in [3.05, 3.63) is 53.7 Å². The Labute approximate surface area is 118 Å². The molecule has 0 aliphatic rings. The molecule has 0 bridgehead atoms. The number of pyridine rings is 1. The number of anilines is 2. The van der Waals surface area contributed by atoms with Gasteiger partial charge in [-0.3, -0.25) is 4.79 Å². The molecule has 0 saturated carbocycles. The molecule has 20 heavy (non-hydrogen) atoms. The summed E-state index contributed by atoms with van der Waals surface area (Å²) < 4.78 is 0. The SMILES string of the molecule is Cc1cccnc1N(CC(N)=O)Cc1cccc(N)c1. The van der Waals surface area contributed by atoms with E-state index in [2.05, 4.69) is 4.98 Å². The minimum Gasteiger partial charge on any atom is -0.399 e. The summed E-state index contributed by atoms with van der Waals surface area (Å²) >= 11 is 0. The first kappa shape index (κ1) is 13.9. The molecule has 0 saturated heterocycles. The van der Waals surface area contributed by atoms with Crippen LogP contribution in [0, 0.1) is 6.92 Å². The van der Waals surface area contributed by atoms with E-state index >= 15 is 0 Å². The van der Waals surface area contributed by atoms with Gasteiger partial charge in [0.05, 0.1) is 6.54 Å². The summed E-state index contributed by atoms with van der Waals surface area (Å²) in [5.41, 5.74) is 13.8. The van der Waals surface area contributed by atoms with Gasteiger partial charge in [0, 0.05) is 18.4 Å². The summed E-state index contributed by atoms with van der Waals surface area (Å²) in [6.45, 7) is 2.61. The number of nitrogens with two attached hydrogens (primary N) is 2. The first-order valence-corrected chi connectivity index (χ1v) is 6.35. The van der Waals surface area contributed by atoms with Crippen molar-refractivity contribution in [2.45, 2.75) is 13.5 Å². The van der Waals surface area contributed by atoms with E-state index in [1.807, 2.05) is 48.2 Å². The van der Waals surface area contributed by atoms with Gasteiger partial charge in [0.1, 0.15) is 5.82 Å². The molecular weight excluding hydrogens is 252 g/mol. The Hall–Kier alpha value is -2.56. The first-order chi connectivity index (χ1) is 9.56. The molecule has 0 atom stereocenters. The number of rotatable bonds is 5. The zero-order valence-electron chi connectivity index (χ0n) is 11.4. The van der Waals surface area contributed by atoms with Crippen LogP contribution in [0.3, 0.4) is 0 Å². The number of primary amides is 1. The Morgan fingerprint density at radius 1 is 1.30 bits per heavy atom. The molecule has 0 fully saturated rings. The van der Waals surface area contributed by atoms with E-state index in [0.717, 1.165) is 16.9 Å². The van der Waals surface area contributed by atoms with Gasteiger partial charge in [-0.15, -0.1) is 0 Å². The average Bonchev–Trinajstić information content (AvgIpc) is 2.38. The highest BCUT2D eigenvalue weighted by Crippen LogP contribution is 2.19. The summed E-state index contributed by atoms with van der Waals surface area (Å²) in [7, 11) is 0. The van der Waals surface area contributed by atoms with Crippen LogP contribution in [-0.4, -0.2) is 17.4 Å². The van der Waals surface area contributed by atoms with E-state index in [4.69, 9.17) is 11.5 Å². The van der Waals surface area contributed by atoms with Crippen LogP contribution >= 0.6 is 0 Å². The summed E-state index contributed by atoms with van der Waals surface area (Å²) in [5.74, 6) is 0.368. The van der Waals surface area contributed by atoms with Gasteiger partial charge in [-0.05, 0) is 36.2 Å². The molecular formula is C15H18N4O. The van der Waals surface area contributed by atoms with Crippen molar-refractivity contribution in [3.8, 4) is 0 Å². The molecule has 1 amide bonds. The molecule has 5 nitrogen and oxygen atoms in total. The zero-order valence-corrected chi connectivity index (χ0v) is 11.4. The minimum absolute atomic E-state index is 0.118. The van der Waals surface area contributed by atoms with Crippen LogP contribution in [-0.2, 0) is 11.3 Å². The lowest BCUT2D eigenvalue weighted by Gasteiger charge is -2.24. The largest absolute Gasteiger partial charge is 0.399 e. The highest BCUT2D eigenvalue weighted by atomic mass is 16.1. The number of amides is 1. The fraction of sp³-hybridized carbons (Fsp3) is 0.200. The molecule has 1 aromatic heterocycles. The maximum Gasteiger partial charge on any atom is 0.237 e. The number of benzene rings is 1. The summed E-state index contributed by atoms with van der Waals surface area (Å²) in [6.07, 6.45) is 1.70. The summed E-state index contributed by atoms with van der Waals surface area (Å²) in [6, 6.07) is 11.4. The van der Waals surface area contributed by atoms with Crippen LogP contribution < -0.4 is 16.4 Å². The van der Waals surface area contributed by atoms with Crippen molar-refractivity contribution in [1.82, 2.24) is 4.98 Å². The minimum atomic E-state index is -0.390. The fourth-order valence-electron chi connectivity index (χ4n) is 2.11. The van der Waals surface area contributed by atoms with E-state index in [9.17, 15) is 4.79 Å². The fourth-order valence-corrected chi connectivity index (χ4v) is 2.11. The Morgan fingerprint density at radius 3 is 2.75 bits per heavy atom. The molecule has 4 N–H and O–H groups in total. The molecule has 1 heterocycles. The van der Waals surface area contributed by atoms with E-state index in [0.29, 0.717) is 12.2 Å². The lowest BCUT2D eigenvalue weighted by molar-refractivity contribution is -0.116. The second-order valence-corrected chi connectivity index (χ2v) is 4.71. The van der Waals surface area contributed by atoms with E-state index in [1.54, 1.807) is 6.20 Å². The van der Waals surface area contributed by atoms with Gasteiger partial charge in [0.2, 0.25) is 5.91 Å². The van der Waals surface area contributed by atoms with Gasteiger partial charge in [0.25, 0.3) is 0 Å². The van der Waals surface area contributed by atoms with Crippen LogP contribution in [0.5, 0.6) is 0 Å². The smallest absolute Gasteiger partial charge is 0.237 e. The third-order valence-corrected chi connectivity index (χ3v) is 2.95. The van der Waals surface area contributed by atoms with Gasteiger partial charge in [-0.25, -0.2) is 4.98 Å². The first-order valence-electron chi connectivity index (χ1n) is 6.35. The second kappa shape index (κ2) is 6.06. The highest BCUT2D eigenvalue weighted by molar-refractivity contribution is 5.79. The number of carbonyl (C=O) groups excluding carboxylic acids is 1. The zero-order chi connectivity index (χ0) is 14.5. The number of hydrogen-bond acceptors (Lipinski definition) is 4. The summed E-state index contributed by atoms with van der Waals surface area (Å²) in [4.78, 5) is 17.5. The normalized spacial score (nSPS) is 10.2. The monoisotopic (exact) mass is 270 g/mol. The molecule has 104 valence electrons. The number of nitrogens with zero attached hydrogens (tertiary/aromatic N) is 2. The number of aromatic nitrogens is 1. The lowest BCUT2D eigenvalue weighted by atomic mass is 10.1. The summed E-state index contributed by atoms with van der Waals surface area (Å²) in [5, 5.41) is 0. The van der Waals surface area contributed by atoms with Gasteiger partial charge in [-0.1, -0.05) is 18.2 Å². The topological polar surface area (TPSA) is 85.2 Å². The van der Waals surface area contributed by atoms with Gasteiger partial charge >= 0.3 is 0 Å². The number of nitrogen functional groups attached to an aromatic ring is 1. The molecule has 0 aliphatic carbocycles. The number of aryl methyl sites for hydroxylation is 1. The Kier molecular flexibility index (Phi) is 4.20. The maximum atomic E-state index is 11.3. The lowest BCUT2D eigenvalue weighted by Crippen LogP contribution is -2.34. The quantitative estimate of drug-likeness (QED) is 0.805. The van der Waals surface area contributed by atoms with E-state index < -0.39 is 0 Å². The van der Waals surface area contributed by atoms with Crippen molar-refractivity contribution in [2.75, 3.05) is 17.2 Å². The Morgan fingerprint density at radius 2 is 2.10 bits per heavy atom. The van der Waals surface area contributed by atoms with Crippen molar-refractivity contribution in [3.63, 3.8) is 0 Å². The molecule has 1 aromatic carbocycles. The number of carbonyl (C=O) groups is 1. The van der Waals surface area contributed by atoms with Gasteiger partial charge in [0.15, 0.2) is 0 Å². The predicted octanol–water partition coefficient (Wildman–Crippen LogP) is 1.46. The van der Waals surface area contributed by atoms with Crippen molar-refractivity contribution >= 4 is 17.4 Å². The molecule has 0 aliphatic heterocycles. The van der Waals surface area contributed by atoms with E-state index in [-0.39, 0.29) is 12.5 Å².